The van der Waals surface area contributed by atoms with Crippen LogP contribution >= 0.6 is 11.6 Å². The summed E-state index contributed by atoms with van der Waals surface area (Å²) in [6.07, 6.45) is 3.37. The number of halogens is 1. The van der Waals surface area contributed by atoms with Gasteiger partial charge in [0.15, 0.2) is 0 Å². The van der Waals surface area contributed by atoms with Crippen LogP contribution in [0, 0.1) is 0 Å². The van der Waals surface area contributed by atoms with Crippen molar-refractivity contribution >= 4 is 23.2 Å². The molecule has 1 fully saturated rings. The summed E-state index contributed by atoms with van der Waals surface area (Å²) >= 11 is 6.38. The minimum atomic E-state index is -0.216. The van der Waals surface area contributed by atoms with Crippen LogP contribution in [0.5, 0.6) is 5.75 Å². The number of benzene rings is 2. The molecule has 1 aliphatic rings. The van der Waals surface area contributed by atoms with Crippen LogP contribution in [0.25, 0.3) is 5.69 Å². The second kappa shape index (κ2) is 8.48. The van der Waals surface area contributed by atoms with E-state index in [4.69, 9.17) is 16.3 Å². The Morgan fingerprint density at radius 3 is 2.83 bits per heavy atom. The van der Waals surface area contributed by atoms with Crippen molar-refractivity contribution in [2.24, 2.45) is 0 Å². The van der Waals surface area contributed by atoms with Crippen LogP contribution in [-0.2, 0) is 0 Å². The fraction of sp³-hybridized carbons (Fsp3) is 0.300. The molecule has 0 radical (unpaired) electrons. The van der Waals surface area contributed by atoms with Gasteiger partial charge in [-0.15, -0.1) is 5.10 Å². The number of para-hydroxylation sites is 1. The number of rotatable bonds is 5. The number of nitrogens with one attached hydrogen (secondary N) is 1. The molecule has 8 nitrogen and oxygen atoms in total. The first kappa shape index (κ1) is 19.2. The van der Waals surface area contributed by atoms with Gasteiger partial charge in [0.1, 0.15) is 12.1 Å². The first-order valence-electron chi connectivity index (χ1n) is 9.37. The highest BCUT2D eigenvalue weighted by Gasteiger charge is 2.24. The number of nitrogens with zero attached hydrogens (tertiary/aromatic N) is 5. The molecule has 2 aromatic carbocycles. The minimum absolute atomic E-state index is 0.0409. The Hall–Kier alpha value is -3.13. The summed E-state index contributed by atoms with van der Waals surface area (Å²) < 4.78 is 6.85. The average Bonchev–Trinajstić information content (AvgIpc) is 3.29. The van der Waals surface area contributed by atoms with E-state index in [-0.39, 0.29) is 11.9 Å². The lowest BCUT2D eigenvalue weighted by Crippen LogP contribution is -2.47. The number of anilines is 1. The molecule has 0 saturated carbocycles. The van der Waals surface area contributed by atoms with E-state index in [1.807, 2.05) is 18.2 Å². The zero-order chi connectivity index (χ0) is 20.2. The van der Waals surface area contributed by atoms with Crippen LogP contribution in [0.1, 0.15) is 23.2 Å². The van der Waals surface area contributed by atoms with Gasteiger partial charge in [-0.1, -0.05) is 29.8 Å². The number of methoxy groups -OCH3 is 1. The van der Waals surface area contributed by atoms with Gasteiger partial charge in [0.2, 0.25) is 0 Å². The zero-order valence-electron chi connectivity index (χ0n) is 16.0. The number of ether oxygens (including phenoxy) is 1. The van der Waals surface area contributed by atoms with E-state index in [0.717, 1.165) is 31.6 Å². The molecule has 9 heteroatoms. The lowest BCUT2D eigenvalue weighted by molar-refractivity contribution is 0.0930. The van der Waals surface area contributed by atoms with Gasteiger partial charge in [0.05, 0.1) is 23.4 Å². The quantitative estimate of drug-likeness (QED) is 0.693. The Kier molecular flexibility index (Phi) is 5.62. The molecule has 150 valence electrons. The summed E-state index contributed by atoms with van der Waals surface area (Å²) in [6, 6.07) is 13.5. The summed E-state index contributed by atoms with van der Waals surface area (Å²) in [5, 5.41) is 14.5. The first-order valence-corrected chi connectivity index (χ1v) is 9.75. The minimum Gasteiger partial charge on any atom is -0.496 e. The number of carbonyl (C=O) groups is 1. The third kappa shape index (κ3) is 4.17. The largest absolute Gasteiger partial charge is 0.496 e. The second-order valence-electron chi connectivity index (χ2n) is 6.85. The van der Waals surface area contributed by atoms with E-state index in [1.165, 1.54) is 18.1 Å². The van der Waals surface area contributed by atoms with Crippen molar-refractivity contribution in [1.82, 2.24) is 25.5 Å². The van der Waals surface area contributed by atoms with Crippen LogP contribution in [0.4, 0.5) is 5.69 Å². The van der Waals surface area contributed by atoms with Crippen molar-refractivity contribution in [3.05, 3.63) is 59.4 Å². The van der Waals surface area contributed by atoms with Gasteiger partial charge in [-0.2, -0.15) is 4.68 Å². The second-order valence-corrected chi connectivity index (χ2v) is 7.26. The monoisotopic (exact) mass is 412 g/mol. The van der Waals surface area contributed by atoms with E-state index in [0.29, 0.717) is 22.0 Å². The van der Waals surface area contributed by atoms with Gasteiger partial charge >= 0.3 is 0 Å². The highest BCUT2D eigenvalue weighted by atomic mass is 35.5. The highest BCUT2D eigenvalue weighted by molar-refractivity contribution is 6.33. The van der Waals surface area contributed by atoms with Gasteiger partial charge in [-0.25, -0.2) is 0 Å². The maximum Gasteiger partial charge on any atom is 0.255 e. The van der Waals surface area contributed by atoms with Gasteiger partial charge in [-0.05, 0) is 41.5 Å². The van der Waals surface area contributed by atoms with Crippen LogP contribution in [0.15, 0.2) is 48.8 Å². The number of hydrogen-bond donors (Lipinski definition) is 1. The molecule has 2 heterocycles. The van der Waals surface area contributed by atoms with E-state index in [9.17, 15) is 4.79 Å². The molecule has 1 aliphatic heterocycles. The van der Waals surface area contributed by atoms with Crippen LogP contribution in [-0.4, -0.2) is 52.4 Å². The van der Waals surface area contributed by atoms with Crippen molar-refractivity contribution in [2.45, 2.75) is 18.9 Å². The van der Waals surface area contributed by atoms with Gasteiger partial charge in [0, 0.05) is 30.9 Å². The maximum atomic E-state index is 13.0. The number of carbonyl (C=O) groups excluding carboxylic acids is 1. The van der Waals surface area contributed by atoms with Gasteiger partial charge in [0.25, 0.3) is 5.91 Å². The van der Waals surface area contributed by atoms with Crippen molar-refractivity contribution in [1.29, 1.82) is 0 Å². The fourth-order valence-electron chi connectivity index (χ4n) is 3.57. The third-order valence-corrected chi connectivity index (χ3v) is 5.29. The lowest BCUT2D eigenvalue weighted by Gasteiger charge is -2.34. The number of tetrazole rings is 1. The maximum absolute atomic E-state index is 13.0. The number of aromatic nitrogens is 4. The number of amides is 1. The third-order valence-electron chi connectivity index (χ3n) is 4.99. The van der Waals surface area contributed by atoms with E-state index in [2.05, 4.69) is 37.9 Å². The normalized spacial score (nSPS) is 16.5. The molecule has 0 spiro atoms. The van der Waals surface area contributed by atoms with Gasteiger partial charge < -0.3 is 15.0 Å². The average molecular weight is 413 g/mol. The molecule has 3 aromatic rings. The smallest absolute Gasteiger partial charge is 0.255 e. The molecule has 29 heavy (non-hydrogen) atoms. The molecular formula is C20H21ClN6O2. The van der Waals surface area contributed by atoms with Crippen LogP contribution in [0.3, 0.4) is 0 Å². The fourth-order valence-corrected chi connectivity index (χ4v) is 3.82. The van der Waals surface area contributed by atoms with Crippen LogP contribution < -0.4 is 15.0 Å². The predicted octanol–water partition coefficient (Wildman–Crippen LogP) is 2.72. The SMILES string of the molecule is COc1cc(-n2cnnn2)c(Cl)cc1C(=O)NC1CCCN(c2ccccc2)C1. The Morgan fingerprint density at radius 2 is 2.10 bits per heavy atom. The molecule has 4 rings (SSSR count). The van der Waals surface area contributed by atoms with Crippen molar-refractivity contribution in [3.8, 4) is 11.4 Å². The molecule has 1 aromatic heterocycles. The summed E-state index contributed by atoms with van der Waals surface area (Å²) in [6.45, 7) is 1.74. The molecule has 0 bridgehead atoms. The van der Waals surface area contributed by atoms with E-state index >= 15 is 0 Å². The number of hydrogen-bond acceptors (Lipinski definition) is 6. The van der Waals surface area contributed by atoms with Gasteiger partial charge in [-0.3, -0.25) is 4.79 Å². The summed E-state index contributed by atoms with van der Waals surface area (Å²) in [5.74, 6) is 0.194. The van der Waals surface area contributed by atoms with Crippen molar-refractivity contribution in [2.75, 3.05) is 25.1 Å². The number of piperidine rings is 1. The summed E-state index contributed by atoms with van der Waals surface area (Å²) in [7, 11) is 1.52. The molecule has 1 amide bonds. The Morgan fingerprint density at radius 1 is 1.28 bits per heavy atom. The topological polar surface area (TPSA) is 85.2 Å². The summed E-state index contributed by atoms with van der Waals surface area (Å²) in [5.41, 5.74) is 2.09. The molecule has 1 N–H and O–H groups in total. The molecule has 0 aliphatic carbocycles. The van der Waals surface area contributed by atoms with Crippen molar-refractivity contribution in [3.63, 3.8) is 0 Å². The van der Waals surface area contributed by atoms with E-state index in [1.54, 1.807) is 12.1 Å². The van der Waals surface area contributed by atoms with E-state index < -0.39 is 0 Å². The van der Waals surface area contributed by atoms with Crippen molar-refractivity contribution < 1.29 is 9.53 Å². The Labute approximate surface area is 173 Å². The molecule has 1 saturated heterocycles. The van der Waals surface area contributed by atoms with Crippen LogP contribution in [0.2, 0.25) is 5.02 Å². The Balaban J connectivity index is 1.51. The summed E-state index contributed by atoms with van der Waals surface area (Å²) in [4.78, 5) is 15.3. The predicted molar refractivity (Wildman–Crippen MR) is 110 cm³/mol. The molecule has 1 unspecified atom stereocenters. The lowest BCUT2D eigenvalue weighted by atomic mass is 10.0. The first-order chi connectivity index (χ1) is 14.2. The standard InChI is InChI=1S/C20H21ClN6O2/c1-29-19-11-18(27-13-22-24-25-27)17(21)10-16(19)20(28)23-14-6-5-9-26(12-14)15-7-3-2-4-8-15/h2-4,7-8,10-11,13-14H,5-6,9,12H2,1H3,(H,23,28). The Bertz CT molecular complexity index is 980. The molecular weight excluding hydrogens is 392 g/mol. The highest BCUT2D eigenvalue weighted by Crippen LogP contribution is 2.29. The molecule has 1 atom stereocenters. The zero-order valence-corrected chi connectivity index (χ0v) is 16.7.